The molecular weight excluding hydrogens is 176 g/mol. The van der Waals surface area contributed by atoms with Crippen LogP contribution in [0.5, 0.6) is 0 Å². The average Bonchev–Trinajstić information content (AvgIpc) is 2.27. The number of benzene rings is 1. The molecule has 14 heavy (non-hydrogen) atoms. The maximum atomic E-state index is 11.8. The molecule has 0 aliphatic rings. The van der Waals surface area contributed by atoms with Crippen LogP contribution in [0.3, 0.4) is 0 Å². The zero-order valence-electron chi connectivity index (χ0n) is 8.60. The van der Waals surface area contributed by atoms with Crippen molar-refractivity contribution in [2.45, 2.75) is 26.4 Å². The lowest BCUT2D eigenvalue weighted by Crippen LogP contribution is -2.24. The van der Waals surface area contributed by atoms with Gasteiger partial charge in [-0.2, -0.15) is 0 Å². The number of Topliss-reactive ketones (excluding diaryl/α,β-unsaturated/α-hetero) is 1. The second kappa shape index (κ2) is 4.91. The predicted molar refractivity (Wildman–Crippen MR) is 56.2 cm³/mol. The van der Waals surface area contributed by atoms with E-state index in [1.165, 1.54) is 0 Å². The third-order valence-electron chi connectivity index (χ3n) is 2.47. The standard InChI is InChI=1S/C12H16O2/c1-3-11(13)9(2)12(14)10-7-5-4-6-8-10/h4-9,11,13H,3H2,1-2H3. The molecule has 2 heteroatoms. The molecule has 0 bridgehead atoms. The molecule has 2 atom stereocenters. The van der Waals surface area contributed by atoms with Gasteiger partial charge in [-0.25, -0.2) is 0 Å². The summed E-state index contributed by atoms with van der Waals surface area (Å²) in [6.45, 7) is 3.64. The first-order valence-electron chi connectivity index (χ1n) is 4.94. The minimum atomic E-state index is -0.539. The first-order valence-corrected chi connectivity index (χ1v) is 4.94. The fourth-order valence-electron chi connectivity index (χ4n) is 1.39. The van der Waals surface area contributed by atoms with E-state index in [0.29, 0.717) is 12.0 Å². The quantitative estimate of drug-likeness (QED) is 0.743. The molecule has 0 fully saturated rings. The number of rotatable bonds is 4. The van der Waals surface area contributed by atoms with E-state index in [4.69, 9.17) is 0 Å². The molecule has 1 aromatic rings. The fraction of sp³-hybridized carbons (Fsp3) is 0.417. The maximum absolute atomic E-state index is 11.8. The summed E-state index contributed by atoms with van der Waals surface area (Å²) in [5.41, 5.74) is 0.674. The van der Waals surface area contributed by atoms with E-state index < -0.39 is 6.10 Å². The second-order valence-corrected chi connectivity index (χ2v) is 3.49. The average molecular weight is 192 g/mol. The van der Waals surface area contributed by atoms with E-state index in [0.717, 1.165) is 0 Å². The largest absolute Gasteiger partial charge is 0.392 e. The Bertz CT molecular complexity index is 292. The Labute approximate surface area is 84.6 Å². The van der Waals surface area contributed by atoms with Crippen LogP contribution in [0.15, 0.2) is 30.3 Å². The molecule has 2 unspecified atom stereocenters. The van der Waals surface area contributed by atoms with E-state index in [9.17, 15) is 9.90 Å². The molecule has 1 rings (SSSR count). The van der Waals surface area contributed by atoms with Gasteiger partial charge in [-0.15, -0.1) is 0 Å². The minimum absolute atomic E-state index is 0.0138. The highest BCUT2D eigenvalue weighted by molar-refractivity contribution is 5.97. The van der Waals surface area contributed by atoms with Crippen LogP contribution >= 0.6 is 0 Å². The molecule has 0 spiro atoms. The summed E-state index contributed by atoms with van der Waals surface area (Å²) in [4.78, 5) is 11.8. The number of aliphatic hydroxyl groups excluding tert-OH is 1. The third kappa shape index (κ3) is 2.42. The van der Waals surface area contributed by atoms with Gasteiger partial charge in [-0.1, -0.05) is 44.2 Å². The normalized spacial score (nSPS) is 14.8. The van der Waals surface area contributed by atoms with E-state index >= 15 is 0 Å². The summed E-state index contributed by atoms with van der Waals surface area (Å²) in [5, 5.41) is 9.54. The van der Waals surface area contributed by atoms with Crippen LogP contribution in [0.1, 0.15) is 30.6 Å². The summed E-state index contributed by atoms with van der Waals surface area (Å²) in [5.74, 6) is -0.303. The second-order valence-electron chi connectivity index (χ2n) is 3.49. The minimum Gasteiger partial charge on any atom is -0.392 e. The van der Waals surface area contributed by atoms with Crippen molar-refractivity contribution in [1.29, 1.82) is 0 Å². The van der Waals surface area contributed by atoms with Crippen molar-refractivity contribution >= 4 is 5.78 Å². The summed E-state index contributed by atoms with van der Waals surface area (Å²) >= 11 is 0. The van der Waals surface area contributed by atoms with Crippen LogP contribution in [-0.4, -0.2) is 17.0 Å². The molecule has 0 amide bonds. The Morgan fingerprint density at radius 2 is 1.93 bits per heavy atom. The van der Waals surface area contributed by atoms with Crippen LogP contribution in [0.25, 0.3) is 0 Å². The number of carbonyl (C=O) groups is 1. The van der Waals surface area contributed by atoms with Gasteiger partial charge in [0, 0.05) is 11.5 Å². The van der Waals surface area contributed by atoms with Crippen molar-refractivity contribution in [3.63, 3.8) is 0 Å². The zero-order valence-corrected chi connectivity index (χ0v) is 8.60. The molecule has 0 radical (unpaired) electrons. The molecule has 76 valence electrons. The Morgan fingerprint density at radius 1 is 1.36 bits per heavy atom. The molecule has 1 N–H and O–H groups in total. The lowest BCUT2D eigenvalue weighted by Gasteiger charge is -2.15. The van der Waals surface area contributed by atoms with Gasteiger partial charge in [0.05, 0.1) is 6.10 Å². The summed E-state index contributed by atoms with van der Waals surface area (Å²) in [7, 11) is 0. The monoisotopic (exact) mass is 192 g/mol. The van der Waals surface area contributed by atoms with Crippen molar-refractivity contribution in [1.82, 2.24) is 0 Å². The van der Waals surface area contributed by atoms with E-state index in [-0.39, 0.29) is 11.7 Å². The predicted octanol–water partition coefficient (Wildman–Crippen LogP) is 2.28. The van der Waals surface area contributed by atoms with Crippen molar-refractivity contribution in [2.75, 3.05) is 0 Å². The molecule has 2 nitrogen and oxygen atoms in total. The molecule has 0 saturated carbocycles. The van der Waals surface area contributed by atoms with Crippen molar-refractivity contribution in [2.24, 2.45) is 5.92 Å². The SMILES string of the molecule is CCC(O)C(C)C(=O)c1ccccc1. The summed E-state index contributed by atoms with van der Waals surface area (Å²) in [6, 6.07) is 9.09. The molecule has 0 saturated heterocycles. The van der Waals surface area contributed by atoms with Crippen LogP contribution < -0.4 is 0 Å². The fourth-order valence-corrected chi connectivity index (χ4v) is 1.39. The van der Waals surface area contributed by atoms with Gasteiger partial charge in [-0.05, 0) is 6.42 Å². The highest BCUT2D eigenvalue weighted by Gasteiger charge is 2.21. The number of ketones is 1. The molecule has 0 heterocycles. The lowest BCUT2D eigenvalue weighted by atomic mass is 9.93. The van der Waals surface area contributed by atoms with Crippen LogP contribution in [-0.2, 0) is 0 Å². The van der Waals surface area contributed by atoms with Crippen LogP contribution in [0, 0.1) is 5.92 Å². The maximum Gasteiger partial charge on any atom is 0.168 e. The first kappa shape index (κ1) is 10.9. The lowest BCUT2D eigenvalue weighted by molar-refractivity contribution is 0.0705. The highest BCUT2D eigenvalue weighted by atomic mass is 16.3. The Hall–Kier alpha value is -1.15. The van der Waals surface area contributed by atoms with Gasteiger partial charge in [-0.3, -0.25) is 4.79 Å². The molecule has 0 aliphatic carbocycles. The van der Waals surface area contributed by atoms with Gasteiger partial charge in [0.2, 0.25) is 0 Å². The van der Waals surface area contributed by atoms with E-state index in [2.05, 4.69) is 0 Å². The number of hydrogen-bond donors (Lipinski definition) is 1. The van der Waals surface area contributed by atoms with Gasteiger partial charge in [0.1, 0.15) is 0 Å². The van der Waals surface area contributed by atoms with Gasteiger partial charge in [0.15, 0.2) is 5.78 Å². The number of hydrogen-bond acceptors (Lipinski definition) is 2. The summed E-state index contributed by atoms with van der Waals surface area (Å²) in [6.07, 6.45) is 0.0717. The molecule has 0 aliphatic heterocycles. The topological polar surface area (TPSA) is 37.3 Å². The van der Waals surface area contributed by atoms with Crippen molar-refractivity contribution in [3.8, 4) is 0 Å². The van der Waals surface area contributed by atoms with Crippen LogP contribution in [0.2, 0.25) is 0 Å². The van der Waals surface area contributed by atoms with Gasteiger partial charge >= 0.3 is 0 Å². The highest BCUT2D eigenvalue weighted by Crippen LogP contribution is 2.13. The number of carbonyl (C=O) groups excluding carboxylic acids is 1. The van der Waals surface area contributed by atoms with Gasteiger partial charge < -0.3 is 5.11 Å². The van der Waals surface area contributed by atoms with Gasteiger partial charge in [0.25, 0.3) is 0 Å². The molecule has 1 aromatic carbocycles. The van der Waals surface area contributed by atoms with E-state index in [1.54, 1.807) is 19.1 Å². The Morgan fingerprint density at radius 3 is 2.43 bits per heavy atom. The van der Waals surface area contributed by atoms with Crippen molar-refractivity contribution < 1.29 is 9.90 Å². The molecule has 0 aromatic heterocycles. The van der Waals surface area contributed by atoms with Crippen molar-refractivity contribution in [3.05, 3.63) is 35.9 Å². The Balaban J connectivity index is 2.76. The van der Waals surface area contributed by atoms with Crippen LogP contribution in [0.4, 0.5) is 0 Å². The summed E-state index contributed by atoms with van der Waals surface area (Å²) < 4.78 is 0. The number of aliphatic hydroxyl groups is 1. The van der Waals surface area contributed by atoms with E-state index in [1.807, 2.05) is 25.1 Å². The molecular formula is C12H16O2. The first-order chi connectivity index (χ1) is 6.66. The zero-order chi connectivity index (χ0) is 10.6. The smallest absolute Gasteiger partial charge is 0.168 e. The third-order valence-corrected chi connectivity index (χ3v) is 2.47. The Kier molecular flexibility index (Phi) is 3.84.